The number of aliphatic carboxylic acids is 1. The summed E-state index contributed by atoms with van der Waals surface area (Å²) in [7, 11) is 0. The van der Waals surface area contributed by atoms with Crippen LogP contribution in [0.3, 0.4) is 0 Å². The molecule has 1 rings (SSSR count). The molecule has 0 bridgehead atoms. The Bertz CT molecular complexity index is 391. The predicted molar refractivity (Wildman–Crippen MR) is 100 cm³/mol. The van der Waals surface area contributed by atoms with E-state index in [2.05, 4.69) is 20.8 Å². The topological polar surface area (TPSA) is 63.6 Å². The molecule has 0 heterocycles. The Labute approximate surface area is 153 Å². The van der Waals surface area contributed by atoms with Crippen LogP contribution < -0.4 is 0 Å². The first kappa shape index (κ1) is 22.0. The Morgan fingerprint density at radius 3 is 2.24 bits per heavy atom. The van der Waals surface area contributed by atoms with Crippen molar-refractivity contribution in [3.05, 3.63) is 0 Å². The largest absolute Gasteiger partial charge is 0.481 e. The van der Waals surface area contributed by atoms with Crippen LogP contribution in [0.5, 0.6) is 0 Å². The van der Waals surface area contributed by atoms with Crippen LogP contribution in [-0.4, -0.2) is 23.1 Å². The number of unbranched alkanes of at least 4 members (excludes halogenated alkanes) is 3. The smallest absolute Gasteiger partial charge is 0.309 e. The third-order valence-electron chi connectivity index (χ3n) is 5.31. The summed E-state index contributed by atoms with van der Waals surface area (Å²) < 4.78 is 5.77. The average Bonchev–Trinajstić information content (AvgIpc) is 2.57. The SMILES string of the molecule is CCCC(CCCCCCC(C)C)OC(=O)C1CCCC(C(=O)O)C1. The van der Waals surface area contributed by atoms with E-state index in [-0.39, 0.29) is 23.9 Å². The third kappa shape index (κ3) is 9.27. The Morgan fingerprint density at radius 2 is 1.64 bits per heavy atom. The zero-order chi connectivity index (χ0) is 18.7. The van der Waals surface area contributed by atoms with Gasteiger partial charge in [0, 0.05) is 0 Å². The third-order valence-corrected chi connectivity index (χ3v) is 5.31. The normalized spacial score (nSPS) is 21.9. The molecule has 25 heavy (non-hydrogen) atoms. The monoisotopic (exact) mass is 354 g/mol. The van der Waals surface area contributed by atoms with Crippen molar-refractivity contribution in [2.45, 2.75) is 104 Å². The van der Waals surface area contributed by atoms with Crippen molar-refractivity contribution >= 4 is 11.9 Å². The molecule has 1 aliphatic carbocycles. The van der Waals surface area contributed by atoms with Crippen molar-refractivity contribution in [1.82, 2.24) is 0 Å². The number of hydrogen-bond donors (Lipinski definition) is 1. The molecule has 0 amide bonds. The van der Waals surface area contributed by atoms with E-state index >= 15 is 0 Å². The van der Waals surface area contributed by atoms with E-state index in [1.807, 2.05) is 0 Å². The van der Waals surface area contributed by atoms with Crippen LogP contribution in [0.15, 0.2) is 0 Å². The average molecular weight is 355 g/mol. The lowest BCUT2D eigenvalue weighted by molar-refractivity contribution is -0.157. The Morgan fingerprint density at radius 1 is 1.00 bits per heavy atom. The van der Waals surface area contributed by atoms with Gasteiger partial charge in [0.2, 0.25) is 0 Å². The van der Waals surface area contributed by atoms with Crippen molar-refractivity contribution in [2.75, 3.05) is 0 Å². The zero-order valence-corrected chi connectivity index (χ0v) is 16.5. The number of carbonyl (C=O) groups is 2. The number of carbonyl (C=O) groups excluding carboxylic acids is 1. The maximum Gasteiger partial charge on any atom is 0.309 e. The molecule has 0 aromatic carbocycles. The highest BCUT2D eigenvalue weighted by molar-refractivity contribution is 5.75. The van der Waals surface area contributed by atoms with Crippen LogP contribution in [0.1, 0.15) is 97.8 Å². The summed E-state index contributed by atoms with van der Waals surface area (Å²) in [5.74, 6) is -0.760. The van der Waals surface area contributed by atoms with Gasteiger partial charge in [-0.25, -0.2) is 0 Å². The minimum absolute atomic E-state index is 0.00723. The number of ether oxygens (including phenoxy) is 1. The standard InChI is InChI=1S/C21H38O4/c1-4-10-19(14-8-6-5-7-11-16(2)3)25-21(24)18-13-9-12-17(15-18)20(22)23/h16-19H,4-15H2,1-3H3,(H,22,23). The second-order valence-electron chi connectivity index (χ2n) is 8.13. The summed E-state index contributed by atoms with van der Waals surface area (Å²) in [4.78, 5) is 23.6. The fourth-order valence-electron chi connectivity index (χ4n) is 3.75. The summed E-state index contributed by atoms with van der Waals surface area (Å²) in [6.45, 7) is 6.64. The summed E-state index contributed by atoms with van der Waals surface area (Å²) >= 11 is 0. The quantitative estimate of drug-likeness (QED) is 0.367. The summed E-state index contributed by atoms with van der Waals surface area (Å²) in [5.41, 5.74) is 0. The molecule has 1 aliphatic rings. The van der Waals surface area contributed by atoms with Gasteiger partial charge in [0.25, 0.3) is 0 Å². The highest BCUT2D eigenvalue weighted by atomic mass is 16.5. The van der Waals surface area contributed by atoms with Gasteiger partial charge < -0.3 is 9.84 Å². The number of carboxylic acid groups (broad SMARTS) is 1. The van der Waals surface area contributed by atoms with Crippen molar-refractivity contribution in [1.29, 1.82) is 0 Å². The van der Waals surface area contributed by atoms with Crippen LogP contribution in [-0.2, 0) is 14.3 Å². The van der Waals surface area contributed by atoms with E-state index < -0.39 is 5.97 Å². The minimum atomic E-state index is -0.774. The van der Waals surface area contributed by atoms with E-state index in [9.17, 15) is 14.7 Å². The van der Waals surface area contributed by atoms with Gasteiger partial charge in [-0.1, -0.05) is 59.3 Å². The number of carboxylic acids is 1. The van der Waals surface area contributed by atoms with E-state index in [0.717, 1.165) is 44.4 Å². The van der Waals surface area contributed by atoms with Crippen molar-refractivity contribution < 1.29 is 19.4 Å². The lowest BCUT2D eigenvalue weighted by Gasteiger charge is -2.27. The molecule has 0 aromatic rings. The number of rotatable bonds is 12. The molecule has 0 aromatic heterocycles. The van der Waals surface area contributed by atoms with Gasteiger partial charge in [0.05, 0.1) is 11.8 Å². The molecule has 0 saturated heterocycles. The summed E-state index contributed by atoms with van der Waals surface area (Å²) in [5, 5.41) is 9.17. The molecule has 1 N–H and O–H groups in total. The summed E-state index contributed by atoms with van der Waals surface area (Å²) in [6.07, 6.45) is 11.7. The molecule has 0 aliphatic heterocycles. The molecule has 4 heteroatoms. The molecular formula is C21H38O4. The Balaban J connectivity index is 2.32. The second-order valence-corrected chi connectivity index (χ2v) is 8.13. The first-order valence-electron chi connectivity index (χ1n) is 10.4. The van der Waals surface area contributed by atoms with Gasteiger partial charge in [-0.15, -0.1) is 0 Å². The van der Waals surface area contributed by atoms with E-state index in [1.165, 1.54) is 25.7 Å². The fourth-order valence-corrected chi connectivity index (χ4v) is 3.75. The Kier molecular flexibility index (Phi) is 10.8. The van der Waals surface area contributed by atoms with Crippen molar-refractivity contribution in [3.8, 4) is 0 Å². The molecule has 4 nitrogen and oxygen atoms in total. The number of hydrogen-bond acceptors (Lipinski definition) is 3. The molecule has 0 spiro atoms. The van der Waals surface area contributed by atoms with Gasteiger partial charge in [0.1, 0.15) is 6.10 Å². The highest BCUT2D eigenvalue weighted by Crippen LogP contribution is 2.31. The van der Waals surface area contributed by atoms with Crippen molar-refractivity contribution in [3.63, 3.8) is 0 Å². The van der Waals surface area contributed by atoms with Crippen LogP contribution in [0.25, 0.3) is 0 Å². The van der Waals surface area contributed by atoms with Gasteiger partial charge in [0.15, 0.2) is 0 Å². The minimum Gasteiger partial charge on any atom is -0.481 e. The molecule has 1 saturated carbocycles. The lowest BCUT2D eigenvalue weighted by Crippen LogP contribution is -2.31. The van der Waals surface area contributed by atoms with Crippen molar-refractivity contribution in [2.24, 2.45) is 17.8 Å². The van der Waals surface area contributed by atoms with Gasteiger partial charge in [-0.05, 0) is 44.4 Å². The van der Waals surface area contributed by atoms with E-state index in [0.29, 0.717) is 12.8 Å². The van der Waals surface area contributed by atoms with E-state index in [4.69, 9.17) is 4.74 Å². The van der Waals surface area contributed by atoms with Crippen LogP contribution in [0.4, 0.5) is 0 Å². The summed E-state index contributed by atoms with van der Waals surface area (Å²) in [6, 6.07) is 0. The molecule has 146 valence electrons. The first-order valence-corrected chi connectivity index (χ1v) is 10.4. The Hall–Kier alpha value is -1.06. The maximum atomic E-state index is 12.4. The van der Waals surface area contributed by atoms with E-state index in [1.54, 1.807) is 0 Å². The van der Waals surface area contributed by atoms with Gasteiger partial charge in [-0.3, -0.25) is 9.59 Å². The zero-order valence-electron chi connectivity index (χ0n) is 16.5. The highest BCUT2D eigenvalue weighted by Gasteiger charge is 2.32. The maximum absolute atomic E-state index is 12.4. The molecule has 3 atom stereocenters. The molecule has 0 radical (unpaired) electrons. The van der Waals surface area contributed by atoms with Crippen LogP contribution in [0, 0.1) is 17.8 Å². The second kappa shape index (κ2) is 12.3. The lowest BCUT2D eigenvalue weighted by atomic mass is 9.81. The van der Waals surface area contributed by atoms with Gasteiger partial charge in [-0.2, -0.15) is 0 Å². The fraction of sp³-hybridized carbons (Fsp3) is 0.905. The van der Waals surface area contributed by atoms with Crippen LogP contribution >= 0.6 is 0 Å². The number of esters is 1. The first-order chi connectivity index (χ1) is 11.9. The van der Waals surface area contributed by atoms with Crippen LogP contribution in [0.2, 0.25) is 0 Å². The molecular weight excluding hydrogens is 316 g/mol. The molecule has 1 fully saturated rings. The predicted octanol–water partition coefficient (Wildman–Crippen LogP) is 5.59. The van der Waals surface area contributed by atoms with Gasteiger partial charge >= 0.3 is 11.9 Å². The molecule has 3 unspecified atom stereocenters.